The lowest BCUT2D eigenvalue weighted by Crippen LogP contribution is -2.47. The van der Waals surface area contributed by atoms with Gasteiger partial charge in [-0.05, 0) is 24.6 Å². The Bertz CT molecular complexity index is 910. The Morgan fingerprint density at radius 2 is 1.93 bits per heavy atom. The van der Waals surface area contributed by atoms with E-state index in [1.165, 1.54) is 0 Å². The van der Waals surface area contributed by atoms with Crippen LogP contribution >= 0.6 is 11.3 Å². The molecule has 1 aliphatic rings. The first kappa shape index (κ1) is 18.7. The summed E-state index contributed by atoms with van der Waals surface area (Å²) in [5.74, 6) is 2.39. The summed E-state index contributed by atoms with van der Waals surface area (Å²) in [4.78, 5) is 23.3. The molecule has 0 spiro atoms. The van der Waals surface area contributed by atoms with Crippen molar-refractivity contribution in [1.29, 1.82) is 0 Å². The predicted molar refractivity (Wildman–Crippen MR) is 111 cm³/mol. The topological polar surface area (TPSA) is 90.3 Å². The number of β-amino-alcohol motifs (C(OH)–C–C–N with tert-alkyl or cyclic N) is 1. The second-order valence-corrected chi connectivity index (χ2v) is 7.63. The fourth-order valence-corrected chi connectivity index (χ4v) is 4.04. The summed E-state index contributed by atoms with van der Waals surface area (Å²) in [7, 11) is 0. The average molecular weight is 398 g/mol. The maximum Gasteiger partial charge on any atom is 0.188 e. The number of anilines is 3. The fraction of sp³-hybridized carbons (Fsp3) is 0.368. The van der Waals surface area contributed by atoms with Crippen LogP contribution in [0, 0.1) is 6.92 Å². The first-order chi connectivity index (χ1) is 13.7. The Kier molecular flexibility index (Phi) is 5.75. The van der Waals surface area contributed by atoms with E-state index in [-0.39, 0.29) is 6.61 Å². The zero-order chi connectivity index (χ0) is 19.3. The molecule has 4 heterocycles. The molecular weight excluding hydrogens is 374 g/mol. The average Bonchev–Trinajstić information content (AvgIpc) is 3.17. The fourth-order valence-electron chi connectivity index (χ4n) is 3.21. The quantitative estimate of drug-likeness (QED) is 0.654. The third kappa shape index (κ3) is 4.44. The van der Waals surface area contributed by atoms with E-state index in [0.29, 0.717) is 0 Å². The van der Waals surface area contributed by atoms with E-state index in [1.807, 2.05) is 31.3 Å². The second-order valence-electron chi connectivity index (χ2n) is 6.60. The van der Waals surface area contributed by atoms with E-state index >= 15 is 0 Å². The van der Waals surface area contributed by atoms with Gasteiger partial charge in [0.1, 0.15) is 17.5 Å². The van der Waals surface area contributed by atoms with Gasteiger partial charge in [0.2, 0.25) is 0 Å². The van der Waals surface area contributed by atoms with Crippen LogP contribution in [0.1, 0.15) is 5.82 Å². The second kappa shape index (κ2) is 8.59. The number of nitrogens with one attached hydrogen (secondary N) is 1. The van der Waals surface area contributed by atoms with Crippen molar-refractivity contribution in [3.63, 3.8) is 0 Å². The molecule has 0 aromatic carbocycles. The molecule has 0 atom stereocenters. The highest BCUT2D eigenvalue weighted by atomic mass is 32.1. The molecule has 3 aromatic rings. The van der Waals surface area contributed by atoms with Gasteiger partial charge in [0.15, 0.2) is 5.13 Å². The van der Waals surface area contributed by atoms with E-state index in [2.05, 4.69) is 35.1 Å². The third-order valence-electron chi connectivity index (χ3n) is 4.64. The lowest BCUT2D eigenvalue weighted by Gasteiger charge is -2.35. The summed E-state index contributed by atoms with van der Waals surface area (Å²) >= 11 is 1.58. The van der Waals surface area contributed by atoms with Crippen molar-refractivity contribution >= 4 is 28.1 Å². The number of pyridine rings is 1. The minimum Gasteiger partial charge on any atom is -0.395 e. The monoisotopic (exact) mass is 397 g/mol. The highest BCUT2D eigenvalue weighted by Gasteiger charge is 2.18. The van der Waals surface area contributed by atoms with E-state index < -0.39 is 0 Å². The van der Waals surface area contributed by atoms with Gasteiger partial charge in [-0.1, -0.05) is 11.3 Å². The Balaban J connectivity index is 1.47. The van der Waals surface area contributed by atoms with Crippen LogP contribution in [0.25, 0.3) is 10.4 Å². The summed E-state index contributed by atoms with van der Waals surface area (Å²) in [6, 6.07) is 5.92. The number of thiazole rings is 1. The zero-order valence-corrected chi connectivity index (χ0v) is 16.6. The third-order valence-corrected chi connectivity index (χ3v) is 5.60. The number of nitrogens with zero attached hydrogens (tertiary/aromatic N) is 6. The largest absolute Gasteiger partial charge is 0.395 e. The summed E-state index contributed by atoms with van der Waals surface area (Å²) in [5, 5.41) is 13.2. The van der Waals surface area contributed by atoms with Crippen LogP contribution in [-0.2, 0) is 0 Å². The molecular formula is C19H23N7OS. The van der Waals surface area contributed by atoms with Gasteiger partial charge < -0.3 is 15.3 Å². The van der Waals surface area contributed by atoms with Crippen LogP contribution in [0.3, 0.4) is 0 Å². The molecule has 0 bridgehead atoms. The van der Waals surface area contributed by atoms with Gasteiger partial charge in [-0.15, -0.1) is 0 Å². The number of aryl methyl sites for hydroxylation is 1. The molecule has 9 heteroatoms. The lowest BCUT2D eigenvalue weighted by atomic mass is 10.2. The van der Waals surface area contributed by atoms with Gasteiger partial charge in [0.05, 0.1) is 11.5 Å². The summed E-state index contributed by atoms with van der Waals surface area (Å²) < 4.78 is 0. The molecule has 146 valence electrons. The van der Waals surface area contributed by atoms with Crippen molar-refractivity contribution in [1.82, 2.24) is 24.8 Å². The standard InChI is InChI=1S/C19H23N7OS/c1-14-22-17(12-18(23-14)26-8-6-25(7-9-26)10-11-27)24-19-21-13-16(28-19)15-2-4-20-5-3-15/h2-5,12-13,27H,6-11H2,1H3,(H,21,22,23,24). The summed E-state index contributed by atoms with van der Waals surface area (Å²) in [5.41, 5.74) is 1.10. The van der Waals surface area contributed by atoms with Crippen LogP contribution in [-0.4, -0.2) is 69.3 Å². The number of aliphatic hydroxyl groups is 1. The number of aromatic nitrogens is 4. The summed E-state index contributed by atoms with van der Waals surface area (Å²) in [6.07, 6.45) is 5.42. The molecule has 2 N–H and O–H groups in total. The Hall–Kier alpha value is -2.62. The van der Waals surface area contributed by atoms with Gasteiger partial charge >= 0.3 is 0 Å². The molecule has 0 amide bonds. The Labute approximate surface area is 167 Å². The van der Waals surface area contributed by atoms with Gasteiger partial charge in [0.25, 0.3) is 0 Å². The van der Waals surface area contributed by atoms with Crippen molar-refractivity contribution in [2.75, 3.05) is 49.5 Å². The maximum atomic E-state index is 9.10. The Morgan fingerprint density at radius 1 is 1.14 bits per heavy atom. The zero-order valence-electron chi connectivity index (χ0n) is 15.7. The van der Waals surface area contributed by atoms with Gasteiger partial charge in [-0.25, -0.2) is 15.0 Å². The van der Waals surface area contributed by atoms with Crippen LogP contribution in [0.15, 0.2) is 36.8 Å². The number of hydrogen-bond acceptors (Lipinski definition) is 9. The molecule has 1 aliphatic heterocycles. The molecule has 0 unspecified atom stereocenters. The van der Waals surface area contributed by atoms with E-state index in [4.69, 9.17) is 5.11 Å². The minimum absolute atomic E-state index is 0.204. The van der Waals surface area contributed by atoms with Crippen molar-refractivity contribution in [2.24, 2.45) is 0 Å². The van der Waals surface area contributed by atoms with Crippen LogP contribution in [0.4, 0.5) is 16.8 Å². The number of aliphatic hydroxyl groups excluding tert-OH is 1. The van der Waals surface area contributed by atoms with Crippen molar-refractivity contribution in [3.05, 3.63) is 42.6 Å². The summed E-state index contributed by atoms with van der Waals surface area (Å²) in [6.45, 7) is 6.46. The highest BCUT2D eigenvalue weighted by molar-refractivity contribution is 7.18. The molecule has 0 aliphatic carbocycles. The van der Waals surface area contributed by atoms with E-state index in [1.54, 1.807) is 23.7 Å². The number of rotatable bonds is 6. The smallest absolute Gasteiger partial charge is 0.188 e. The maximum absolute atomic E-state index is 9.10. The molecule has 0 saturated carbocycles. The first-order valence-electron chi connectivity index (χ1n) is 9.28. The highest BCUT2D eigenvalue weighted by Crippen LogP contribution is 2.30. The van der Waals surface area contributed by atoms with Crippen LogP contribution in [0.5, 0.6) is 0 Å². The number of hydrogen-bond donors (Lipinski definition) is 2. The molecule has 4 rings (SSSR count). The number of piperazine rings is 1. The van der Waals surface area contributed by atoms with Gasteiger partial charge in [-0.2, -0.15) is 0 Å². The minimum atomic E-state index is 0.204. The SMILES string of the molecule is Cc1nc(Nc2ncc(-c3ccncc3)s2)cc(N2CCN(CCO)CC2)n1. The van der Waals surface area contributed by atoms with E-state index in [9.17, 15) is 0 Å². The predicted octanol–water partition coefficient (Wildman–Crippen LogP) is 2.16. The van der Waals surface area contributed by atoms with Crippen molar-refractivity contribution in [2.45, 2.75) is 6.92 Å². The lowest BCUT2D eigenvalue weighted by molar-refractivity contribution is 0.188. The molecule has 28 heavy (non-hydrogen) atoms. The van der Waals surface area contributed by atoms with Crippen molar-refractivity contribution in [3.8, 4) is 10.4 Å². The van der Waals surface area contributed by atoms with Gasteiger partial charge in [-0.3, -0.25) is 9.88 Å². The van der Waals surface area contributed by atoms with Crippen LogP contribution < -0.4 is 10.2 Å². The normalized spacial score (nSPS) is 15.0. The molecule has 3 aromatic heterocycles. The molecule has 1 fully saturated rings. The molecule has 1 saturated heterocycles. The van der Waals surface area contributed by atoms with Gasteiger partial charge in [0, 0.05) is 57.4 Å². The van der Waals surface area contributed by atoms with Crippen LogP contribution in [0.2, 0.25) is 0 Å². The van der Waals surface area contributed by atoms with Crippen molar-refractivity contribution < 1.29 is 5.11 Å². The molecule has 0 radical (unpaired) electrons. The Morgan fingerprint density at radius 3 is 2.68 bits per heavy atom. The first-order valence-corrected chi connectivity index (χ1v) is 10.1. The van der Waals surface area contributed by atoms with E-state index in [0.717, 1.165) is 65.8 Å². The molecule has 8 nitrogen and oxygen atoms in total.